The molecule has 0 heterocycles. The smallest absolute Gasteiger partial charge is 0.307 e. The third-order valence-corrected chi connectivity index (χ3v) is 2.46. The lowest BCUT2D eigenvalue weighted by Crippen LogP contribution is -1.89. The van der Waals surface area contributed by atoms with E-state index in [9.17, 15) is 4.79 Å². The summed E-state index contributed by atoms with van der Waals surface area (Å²) in [6.45, 7) is 2.00. The number of rotatable bonds is 3. The van der Waals surface area contributed by atoms with Gasteiger partial charge in [-0.25, -0.2) is 0 Å². The Hall–Kier alpha value is -1.09. The van der Waals surface area contributed by atoms with Crippen molar-refractivity contribution in [2.75, 3.05) is 0 Å². The maximum atomic E-state index is 10.3. The standard InChI is InChI=1S/C11H11BrO2/c1-8-5-6-10(12)9(7-8)3-2-4-11(13)14/h2-3,5-7H,4H2,1H3,(H,13,14). The van der Waals surface area contributed by atoms with Crippen LogP contribution >= 0.6 is 15.9 Å². The van der Waals surface area contributed by atoms with E-state index in [0.717, 1.165) is 15.6 Å². The number of carbonyl (C=O) groups is 1. The van der Waals surface area contributed by atoms with E-state index in [1.807, 2.05) is 31.2 Å². The molecule has 0 spiro atoms. The van der Waals surface area contributed by atoms with E-state index < -0.39 is 5.97 Å². The van der Waals surface area contributed by atoms with Crippen LogP contribution in [0.3, 0.4) is 0 Å². The van der Waals surface area contributed by atoms with Gasteiger partial charge < -0.3 is 5.11 Å². The van der Waals surface area contributed by atoms with Crippen LogP contribution in [0.1, 0.15) is 17.5 Å². The van der Waals surface area contributed by atoms with Crippen LogP contribution in [0.25, 0.3) is 6.08 Å². The minimum absolute atomic E-state index is 0.0559. The normalized spacial score (nSPS) is 10.7. The molecule has 0 unspecified atom stereocenters. The molecule has 1 rings (SSSR count). The van der Waals surface area contributed by atoms with E-state index in [0.29, 0.717) is 0 Å². The van der Waals surface area contributed by atoms with E-state index >= 15 is 0 Å². The third kappa shape index (κ3) is 3.34. The zero-order valence-corrected chi connectivity index (χ0v) is 9.41. The first kappa shape index (κ1) is 11.0. The molecule has 0 aliphatic carbocycles. The van der Waals surface area contributed by atoms with E-state index in [4.69, 9.17) is 5.11 Å². The van der Waals surface area contributed by atoms with Gasteiger partial charge in [-0.15, -0.1) is 0 Å². The summed E-state index contributed by atoms with van der Waals surface area (Å²) in [5.74, 6) is -0.815. The van der Waals surface area contributed by atoms with Crippen LogP contribution in [0.5, 0.6) is 0 Å². The molecule has 0 bridgehead atoms. The summed E-state index contributed by atoms with van der Waals surface area (Å²) in [7, 11) is 0. The van der Waals surface area contributed by atoms with E-state index in [1.54, 1.807) is 6.08 Å². The average molecular weight is 255 g/mol. The minimum atomic E-state index is -0.815. The van der Waals surface area contributed by atoms with Crippen molar-refractivity contribution in [1.82, 2.24) is 0 Å². The molecular weight excluding hydrogens is 244 g/mol. The number of aliphatic carboxylic acids is 1. The molecule has 0 aliphatic rings. The molecule has 14 heavy (non-hydrogen) atoms. The van der Waals surface area contributed by atoms with Crippen LogP contribution in [-0.2, 0) is 4.79 Å². The number of hydrogen-bond donors (Lipinski definition) is 1. The van der Waals surface area contributed by atoms with Crippen LogP contribution < -0.4 is 0 Å². The van der Waals surface area contributed by atoms with Crippen molar-refractivity contribution in [3.05, 3.63) is 39.9 Å². The lowest BCUT2D eigenvalue weighted by molar-refractivity contribution is -0.135. The van der Waals surface area contributed by atoms with Gasteiger partial charge in [-0.2, -0.15) is 0 Å². The average Bonchev–Trinajstić information content (AvgIpc) is 2.10. The Morgan fingerprint density at radius 3 is 2.93 bits per heavy atom. The highest BCUT2D eigenvalue weighted by Crippen LogP contribution is 2.19. The highest BCUT2D eigenvalue weighted by atomic mass is 79.9. The lowest BCUT2D eigenvalue weighted by Gasteiger charge is -1.99. The van der Waals surface area contributed by atoms with Crippen molar-refractivity contribution >= 4 is 28.0 Å². The van der Waals surface area contributed by atoms with Gasteiger partial charge in [0.1, 0.15) is 0 Å². The van der Waals surface area contributed by atoms with Gasteiger partial charge in [-0.05, 0) is 18.6 Å². The molecule has 0 saturated carbocycles. The summed E-state index contributed by atoms with van der Waals surface area (Å²) in [6.07, 6.45) is 3.51. The van der Waals surface area contributed by atoms with Crippen LogP contribution in [-0.4, -0.2) is 11.1 Å². The first-order valence-electron chi connectivity index (χ1n) is 4.24. The number of hydrogen-bond acceptors (Lipinski definition) is 1. The molecule has 74 valence electrons. The van der Waals surface area contributed by atoms with E-state index in [2.05, 4.69) is 15.9 Å². The highest BCUT2D eigenvalue weighted by Gasteiger charge is 1.96. The molecule has 0 atom stereocenters. The largest absolute Gasteiger partial charge is 0.481 e. The molecule has 1 aromatic carbocycles. The first-order valence-corrected chi connectivity index (χ1v) is 5.03. The Kier molecular flexibility index (Phi) is 3.89. The van der Waals surface area contributed by atoms with Gasteiger partial charge in [-0.1, -0.05) is 45.8 Å². The topological polar surface area (TPSA) is 37.3 Å². The van der Waals surface area contributed by atoms with Gasteiger partial charge in [0.15, 0.2) is 0 Å². The van der Waals surface area contributed by atoms with Gasteiger partial charge in [0, 0.05) is 4.47 Å². The second kappa shape index (κ2) is 4.96. The lowest BCUT2D eigenvalue weighted by atomic mass is 10.1. The number of benzene rings is 1. The molecule has 0 amide bonds. The number of carboxylic acid groups (broad SMARTS) is 1. The van der Waals surface area contributed by atoms with Crippen molar-refractivity contribution in [3.63, 3.8) is 0 Å². The van der Waals surface area contributed by atoms with Crippen LogP contribution in [0.4, 0.5) is 0 Å². The van der Waals surface area contributed by atoms with Crippen molar-refractivity contribution < 1.29 is 9.90 Å². The predicted octanol–water partition coefficient (Wildman–Crippen LogP) is 3.25. The molecule has 0 aliphatic heterocycles. The molecule has 0 aromatic heterocycles. The summed E-state index contributed by atoms with van der Waals surface area (Å²) in [4.78, 5) is 10.3. The zero-order chi connectivity index (χ0) is 10.6. The Morgan fingerprint density at radius 1 is 1.57 bits per heavy atom. The van der Waals surface area contributed by atoms with E-state index in [-0.39, 0.29) is 6.42 Å². The quantitative estimate of drug-likeness (QED) is 0.900. The molecule has 0 saturated heterocycles. The fraction of sp³-hybridized carbons (Fsp3) is 0.182. The van der Waals surface area contributed by atoms with Gasteiger partial charge in [0.25, 0.3) is 0 Å². The fourth-order valence-electron chi connectivity index (χ4n) is 1.08. The predicted molar refractivity (Wildman–Crippen MR) is 60.2 cm³/mol. The Balaban J connectivity index is 2.80. The fourth-order valence-corrected chi connectivity index (χ4v) is 1.46. The molecule has 1 aromatic rings. The van der Waals surface area contributed by atoms with Crippen molar-refractivity contribution in [2.45, 2.75) is 13.3 Å². The van der Waals surface area contributed by atoms with E-state index in [1.165, 1.54) is 0 Å². The number of carboxylic acids is 1. The molecule has 0 radical (unpaired) electrons. The first-order chi connectivity index (χ1) is 6.59. The number of aryl methyl sites for hydroxylation is 1. The van der Waals surface area contributed by atoms with Crippen LogP contribution in [0.2, 0.25) is 0 Å². The molecule has 3 heteroatoms. The maximum absolute atomic E-state index is 10.3. The van der Waals surface area contributed by atoms with Gasteiger partial charge in [0.2, 0.25) is 0 Å². The van der Waals surface area contributed by atoms with Crippen molar-refractivity contribution in [1.29, 1.82) is 0 Å². The molecule has 0 fully saturated rings. The van der Waals surface area contributed by atoms with Crippen molar-refractivity contribution in [3.8, 4) is 0 Å². The van der Waals surface area contributed by atoms with Crippen molar-refractivity contribution in [2.24, 2.45) is 0 Å². The third-order valence-electron chi connectivity index (χ3n) is 1.74. The summed E-state index contributed by atoms with van der Waals surface area (Å²) >= 11 is 3.40. The monoisotopic (exact) mass is 254 g/mol. The Bertz CT molecular complexity index is 370. The summed E-state index contributed by atoms with van der Waals surface area (Å²) in [5.41, 5.74) is 2.16. The summed E-state index contributed by atoms with van der Waals surface area (Å²) in [6, 6.07) is 5.96. The second-order valence-corrected chi connectivity index (χ2v) is 3.88. The summed E-state index contributed by atoms with van der Waals surface area (Å²) in [5, 5.41) is 8.45. The molecule has 2 nitrogen and oxygen atoms in total. The highest BCUT2D eigenvalue weighted by molar-refractivity contribution is 9.10. The van der Waals surface area contributed by atoms with Gasteiger partial charge in [-0.3, -0.25) is 4.79 Å². The summed E-state index contributed by atoms with van der Waals surface area (Å²) < 4.78 is 0.977. The maximum Gasteiger partial charge on any atom is 0.307 e. The van der Waals surface area contributed by atoms with Crippen LogP contribution in [0.15, 0.2) is 28.7 Å². The molecular formula is C11H11BrO2. The SMILES string of the molecule is Cc1ccc(Br)c(C=CCC(=O)O)c1. The van der Waals surface area contributed by atoms with Crippen LogP contribution in [0, 0.1) is 6.92 Å². The van der Waals surface area contributed by atoms with Gasteiger partial charge >= 0.3 is 5.97 Å². The minimum Gasteiger partial charge on any atom is -0.481 e. The van der Waals surface area contributed by atoms with Gasteiger partial charge in [0.05, 0.1) is 6.42 Å². The second-order valence-electron chi connectivity index (χ2n) is 3.03. The number of halogens is 1. The molecule has 1 N–H and O–H groups in total. The Labute approximate surface area is 91.4 Å². The zero-order valence-electron chi connectivity index (χ0n) is 7.83. The Morgan fingerprint density at radius 2 is 2.29 bits per heavy atom.